The molecule has 0 N–H and O–H groups in total. The van der Waals surface area contributed by atoms with Gasteiger partial charge < -0.3 is 9.80 Å². The molecule has 2 rings (SSSR count). The van der Waals surface area contributed by atoms with Crippen LogP contribution in [0.25, 0.3) is 0 Å². The van der Waals surface area contributed by atoms with E-state index in [1.54, 1.807) is 0 Å². The van der Waals surface area contributed by atoms with Gasteiger partial charge in [-0.25, -0.2) is 0 Å². The Hall–Kier alpha value is -1.18. The molecule has 1 aliphatic heterocycles. The molecule has 0 spiro atoms. The van der Waals surface area contributed by atoms with Crippen molar-refractivity contribution >= 4 is 11.4 Å². The van der Waals surface area contributed by atoms with Crippen molar-refractivity contribution in [3.63, 3.8) is 0 Å². The highest BCUT2D eigenvalue weighted by molar-refractivity contribution is 5.80. The van der Waals surface area contributed by atoms with E-state index in [9.17, 15) is 0 Å². The molecule has 1 aliphatic rings. The maximum absolute atomic E-state index is 2.34. The SMILES string of the molecule is Cc1ccc2c(c1C)N(C)C(C)N2C. The Morgan fingerprint density at radius 2 is 1.71 bits per heavy atom. The molecule has 0 saturated heterocycles. The fourth-order valence-corrected chi connectivity index (χ4v) is 2.16. The van der Waals surface area contributed by atoms with Crippen LogP contribution in [0.1, 0.15) is 18.1 Å². The van der Waals surface area contributed by atoms with Gasteiger partial charge in [0.25, 0.3) is 0 Å². The highest BCUT2D eigenvalue weighted by atomic mass is 15.4. The van der Waals surface area contributed by atoms with Crippen molar-refractivity contribution in [2.45, 2.75) is 26.9 Å². The Kier molecular flexibility index (Phi) is 1.95. The van der Waals surface area contributed by atoms with E-state index in [0.29, 0.717) is 6.17 Å². The summed E-state index contributed by atoms with van der Waals surface area (Å²) in [6, 6.07) is 4.42. The largest absolute Gasteiger partial charge is 0.353 e. The van der Waals surface area contributed by atoms with E-state index in [-0.39, 0.29) is 0 Å². The van der Waals surface area contributed by atoms with E-state index in [0.717, 1.165) is 0 Å². The number of nitrogens with zero attached hydrogens (tertiary/aromatic N) is 2. The first-order chi connectivity index (χ1) is 6.54. The average Bonchev–Trinajstić information content (AvgIpc) is 2.38. The van der Waals surface area contributed by atoms with Crippen LogP contribution in [0.4, 0.5) is 11.4 Å². The standard InChI is InChI=1S/C12H18N2/c1-8-6-7-11-12(9(8)2)14(5)10(3)13(11)4/h6-7,10H,1-5H3. The molecule has 1 aromatic rings. The van der Waals surface area contributed by atoms with Gasteiger partial charge in [-0.15, -0.1) is 0 Å². The molecule has 0 saturated carbocycles. The van der Waals surface area contributed by atoms with E-state index in [2.05, 4.69) is 56.8 Å². The van der Waals surface area contributed by atoms with Gasteiger partial charge >= 0.3 is 0 Å². The minimum atomic E-state index is 0.463. The van der Waals surface area contributed by atoms with Gasteiger partial charge in [0, 0.05) is 14.1 Å². The van der Waals surface area contributed by atoms with Gasteiger partial charge in [0.05, 0.1) is 17.5 Å². The van der Waals surface area contributed by atoms with Crippen LogP contribution in [0, 0.1) is 13.8 Å². The molecule has 0 fully saturated rings. The van der Waals surface area contributed by atoms with E-state index < -0.39 is 0 Å². The third-order valence-electron chi connectivity index (χ3n) is 3.53. The maximum atomic E-state index is 2.34. The average molecular weight is 190 g/mol. The van der Waals surface area contributed by atoms with Crippen LogP contribution < -0.4 is 9.80 Å². The molecule has 1 unspecified atom stereocenters. The van der Waals surface area contributed by atoms with Gasteiger partial charge in [-0.3, -0.25) is 0 Å². The van der Waals surface area contributed by atoms with Crippen molar-refractivity contribution in [3.05, 3.63) is 23.3 Å². The third kappa shape index (κ3) is 1.03. The molecule has 0 radical (unpaired) electrons. The lowest BCUT2D eigenvalue weighted by Crippen LogP contribution is -2.35. The van der Waals surface area contributed by atoms with Crippen LogP contribution in [-0.2, 0) is 0 Å². The van der Waals surface area contributed by atoms with Crippen LogP contribution in [0.2, 0.25) is 0 Å². The van der Waals surface area contributed by atoms with Crippen LogP contribution in [-0.4, -0.2) is 20.3 Å². The van der Waals surface area contributed by atoms with Gasteiger partial charge in [-0.05, 0) is 38.0 Å². The maximum Gasteiger partial charge on any atom is 0.0982 e. The van der Waals surface area contributed by atoms with Crippen molar-refractivity contribution < 1.29 is 0 Å². The first-order valence-corrected chi connectivity index (χ1v) is 5.10. The first-order valence-electron chi connectivity index (χ1n) is 5.10. The number of anilines is 2. The summed E-state index contributed by atoms with van der Waals surface area (Å²) in [5, 5.41) is 0. The summed E-state index contributed by atoms with van der Waals surface area (Å²) < 4.78 is 0. The molecule has 0 aromatic heterocycles. The normalized spacial score (nSPS) is 20.2. The van der Waals surface area contributed by atoms with E-state index >= 15 is 0 Å². The van der Waals surface area contributed by atoms with E-state index in [1.807, 2.05) is 0 Å². The van der Waals surface area contributed by atoms with Gasteiger partial charge in [0.15, 0.2) is 0 Å². The summed E-state index contributed by atoms with van der Waals surface area (Å²) in [5.74, 6) is 0. The Labute approximate surface area is 86.1 Å². The second-order valence-corrected chi connectivity index (χ2v) is 4.23. The Morgan fingerprint density at radius 1 is 1.07 bits per heavy atom. The summed E-state index contributed by atoms with van der Waals surface area (Å²) >= 11 is 0. The number of aryl methyl sites for hydroxylation is 1. The number of fused-ring (bicyclic) bond motifs is 1. The molecule has 2 nitrogen and oxygen atoms in total. The summed E-state index contributed by atoms with van der Waals surface area (Å²) in [5.41, 5.74) is 5.52. The number of benzene rings is 1. The zero-order chi connectivity index (χ0) is 10.5. The molecule has 2 heteroatoms. The van der Waals surface area contributed by atoms with Gasteiger partial charge in [0.2, 0.25) is 0 Å². The second-order valence-electron chi connectivity index (χ2n) is 4.23. The molecule has 0 amide bonds. The fourth-order valence-electron chi connectivity index (χ4n) is 2.16. The van der Waals surface area contributed by atoms with Crippen LogP contribution in [0.3, 0.4) is 0 Å². The van der Waals surface area contributed by atoms with Crippen molar-refractivity contribution in [2.75, 3.05) is 23.9 Å². The molecule has 0 bridgehead atoms. The lowest BCUT2D eigenvalue weighted by molar-refractivity contribution is 0.709. The monoisotopic (exact) mass is 190 g/mol. The highest BCUT2D eigenvalue weighted by Gasteiger charge is 2.28. The minimum absolute atomic E-state index is 0.463. The lowest BCUT2D eigenvalue weighted by Gasteiger charge is -2.23. The third-order valence-corrected chi connectivity index (χ3v) is 3.53. The second kappa shape index (κ2) is 2.91. The molecule has 76 valence electrons. The van der Waals surface area contributed by atoms with Crippen LogP contribution in [0.5, 0.6) is 0 Å². The van der Waals surface area contributed by atoms with Gasteiger partial charge in [0.1, 0.15) is 0 Å². The molecule has 14 heavy (non-hydrogen) atoms. The summed E-state index contributed by atoms with van der Waals surface area (Å²) in [7, 11) is 4.32. The quantitative estimate of drug-likeness (QED) is 0.620. The molecular formula is C12H18N2. The van der Waals surface area contributed by atoms with Gasteiger partial charge in [-0.2, -0.15) is 0 Å². The predicted molar refractivity (Wildman–Crippen MR) is 62.2 cm³/mol. The molecule has 1 atom stereocenters. The molecular weight excluding hydrogens is 172 g/mol. The predicted octanol–water partition coefficient (Wildman–Crippen LogP) is 2.54. The summed E-state index contributed by atoms with van der Waals surface area (Å²) in [6.45, 7) is 6.61. The van der Waals surface area contributed by atoms with Gasteiger partial charge in [-0.1, -0.05) is 6.07 Å². The zero-order valence-corrected chi connectivity index (χ0v) is 9.63. The fraction of sp³-hybridized carbons (Fsp3) is 0.500. The minimum Gasteiger partial charge on any atom is -0.353 e. The highest BCUT2D eigenvalue weighted by Crippen LogP contribution is 2.40. The molecule has 1 aromatic carbocycles. The topological polar surface area (TPSA) is 6.48 Å². The molecule has 0 aliphatic carbocycles. The Morgan fingerprint density at radius 3 is 2.36 bits per heavy atom. The van der Waals surface area contributed by atoms with E-state index in [1.165, 1.54) is 22.5 Å². The summed E-state index contributed by atoms with van der Waals surface area (Å²) in [6.07, 6.45) is 0.463. The van der Waals surface area contributed by atoms with Crippen LogP contribution in [0.15, 0.2) is 12.1 Å². The number of hydrogen-bond acceptors (Lipinski definition) is 2. The van der Waals surface area contributed by atoms with Crippen molar-refractivity contribution in [1.29, 1.82) is 0 Å². The Balaban J connectivity index is 2.64. The molecule has 1 heterocycles. The zero-order valence-electron chi connectivity index (χ0n) is 9.63. The van der Waals surface area contributed by atoms with E-state index in [4.69, 9.17) is 0 Å². The van der Waals surface area contributed by atoms with Crippen molar-refractivity contribution in [2.24, 2.45) is 0 Å². The van der Waals surface area contributed by atoms with Crippen LogP contribution >= 0.6 is 0 Å². The number of hydrogen-bond donors (Lipinski definition) is 0. The number of rotatable bonds is 0. The van der Waals surface area contributed by atoms with Crippen molar-refractivity contribution in [1.82, 2.24) is 0 Å². The summed E-state index contributed by atoms with van der Waals surface area (Å²) in [4.78, 5) is 4.67. The smallest absolute Gasteiger partial charge is 0.0982 e. The Bertz CT molecular complexity index is 371. The first kappa shape index (κ1) is 9.38. The lowest BCUT2D eigenvalue weighted by atomic mass is 10.1. The van der Waals surface area contributed by atoms with Crippen molar-refractivity contribution in [3.8, 4) is 0 Å².